The number of aromatic nitrogens is 1. The molecule has 0 spiro atoms. The molecule has 2 aliphatic heterocycles. The molecule has 4 rings (SSSR count). The van der Waals surface area contributed by atoms with Crippen molar-refractivity contribution in [2.24, 2.45) is 11.8 Å². The van der Waals surface area contributed by atoms with Crippen LogP contribution in [-0.4, -0.2) is 70.3 Å². The highest BCUT2D eigenvalue weighted by molar-refractivity contribution is 5.81. The summed E-state index contributed by atoms with van der Waals surface area (Å²) >= 11 is 0. The quantitative estimate of drug-likeness (QED) is 0.739. The lowest BCUT2D eigenvalue weighted by atomic mass is 9.92. The standard InChI is InChI=1S/C23H34N4O2/c1-2-25(16-18-7-11-24-12-8-18)23(29)20-4-3-13-27(17-20)21-9-14-26(15-10-21)22(28)19-5-6-19/h7-8,11-12,19-21H,2-6,9-10,13-17H2,1H3/t20-/m1/s1. The minimum atomic E-state index is 0.0941. The van der Waals surface area contributed by atoms with Crippen LogP contribution in [0, 0.1) is 11.8 Å². The second-order valence-corrected chi connectivity index (χ2v) is 8.87. The number of piperidine rings is 2. The topological polar surface area (TPSA) is 56.8 Å². The fraction of sp³-hybridized carbons (Fsp3) is 0.696. The Morgan fingerprint density at radius 2 is 1.76 bits per heavy atom. The van der Waals surface area contributed by atoms with E-state index < -0.39 is 0 Å². The van der Waals surface area contributed by atoms with Crippen molar-refractivity contribution in [3.05, 3.63) is 30.1 Å². The van der Waals surface area contributed by atoms with E-state index in [2.05, 4.69) is 21.7 Å². The number of nitrogens with zero attached hydrogens (tertiary/aromatic N) is 4. The molecule has 0 unspecified atom stereocenters. The van der Waals surface area contributed by atoms with E-state index in [0.29, 0.717) is 24.4 Å². The van der Waals surface area contributed by atoms with Gasteiger partial charge in [-0.1, -0.05) is 0 Å². The van der Waals surface area contributed by atoms with E-state index in [1.807, 2.05) is 17.0 Å². The molecule has 1 aromatic rings. The molecule has 1 aromatic heterocycles. The average molecular weight is 399 g/mol. The largest absolute Gasteiger partial charge is 0.342 e. The van der Waals surface area contributed by atoms with Crippen LogP contribution in [-0.2, 0) is 16.1 Å². The molecule has 0 aromatic carbocycles. The molecule has 29 heavy (non-hydrogen) atoms. The predicted molar refractivity (Wildman–Crippen MR) is 112 cm³/mol. The molecule has 6 nitrogen and oxygen atoms in total. The number of amides is 2. The normalized spacial score (nSPS) is 23.8. The van der Waals surface area contributed by atoms with Crippen molar-refractivity contribution in [1.29, 1.82) is 0 Å². The maximum absolute atomic E-state index is 13.2. The van der Waals surface area contributed by atoms with Crippen LogP contribution in [0.2, 0.25) is 0 Å². The Labute approximate surface area is 174 Å². The molecule has 0 radical (unpaired) electrons. The Balaban J connectivity index is 1.30. The number of carbonyl (C=O) groups excluding carboxylic acids is 2. The van der Waals surface area contributed by atoms with Crippen LogP contribution in [0.1, 0.15) is 51.0 Å². The lowest BCUT2D eigenvalue weighted by molar-refractivity contribution is -0.138. The molecule has 3 fully saturated rings. The first-order chi connectivity index (χ1) is 14.2. The highest BCUT2D eigenvalue weighted by atomic mass is 16.2. The molecule has 0 bridgehead atoms. The van der Waals surface area contributed by atoms with Crippen molar-refractivity contribution in [3.63, 3.8) is 0 Å². The van der Waals surface area contributed by atoms with Crippen molar-refractivity contribution >= 4 is 11.8 Å². The maximum atomic E-state index is 13.2. The molecule has 2 amide bonds. The molecule has 3 aliphatic rings. The van der Waals surface area contributed by atoms with Crippen molar-refractivity contribution in [2.45, 2.75) is 58.0 Å². The zero-order valence-corrected chi connectivity index (χ0v) is 17.6. The lowest BCUT2D eigenvalue weighted by Crippen LogP contribution is -2.52. The number of rotatable bonds is 6. The third kappa shape index (κ3) is 4.97. The maximum Gasteiger partial charge on any atom is 0.227 e. The molecule has 3 heterocycles. The smallest absolute Gasteiger partial charge is 0.227 e. The van der Waals surface area contributed by atoms with Crippen molar-refractivity contribution in [1.82, 2.24) is 19.7 Å². The van der Waals surface area contributed by atoms with Gasteiger partial charge in [0.1, 0.15) is 0 Å². The highest BCUT2D eigenvalue weighted by Crippen LogP contribution is 2.33. The SMILES string of the molecule is CCN(Cc1ccncc1)C(=O)[C@@H]1CCCN(C2CCN(C(=O)C3CC3)CC2)C1. The van der Waals surface area contributed by atoms with E-state index in [1.165, 1.54) is 0 Å². The van der Waals surface area contributed by atoms with Crippen LogP contribution in [0.15, 0.2) is 24.5 Å². The molecular formula is C23H34N4O2. The van der Waals surface area contributed by atoms with Gasteiger partial charge in [0.05, 0.1) is 5.92 Å². The average Bonchev–Trinajstić information content (AvgIpc) is 3.63. The Morgan fingerprint density at radius 1 is 1.03 bits per heavy atom. The molecule has 158 valence electrons. The van der Waals surface area contributed by atoms with E-state index in [0.717, 1.165) is 76.8 Å². The second-order valence-electron chi connectivity index (χ2n) is 8.87. The summed E-state index contributed by atoms with van der Waals surface area (Å²) in [6, 6.07) is 4.49. The summed E-state index contributed by atoms with van der Waals surface area (Å²) < 4.78 is 0. The second kappa shape index (κ2) is 9.24. The summed E-state index contributed by atoms with van der Waals surface area (Å²) in [7, 11) is 0. The predicted octanol–water partition coefficient (Wildman–Crippen LogP) is 2.54. The van der Waals surface area contributed by atoms with Gasteiger partial charge in [-0.2, -0.15) is 0 Å². The fourth-order valence-corrected chi connectivity index (χ4v) is 4.89. The van der Waals surface area contributed by atoms with Crippen molar-refractivity contribution in [3.8, 4) is 0 Å². The van der Waals surface area contributed by atoms with Gasteiger partial charge >= 0.3 is 0 Å². The first-order valence-corrected chi connectivity index (χ1v) is 11.4. The lowest BCUT2D eigenvalue weighted by Gasteiger charge is -2.42. The van der Waals surface area contributed by atoms with E-state index >= 15 is 0 Å². The summed E-state index contributed by atoms with van der Waals surface area (Å²) in [5.74, 6) is 1.08. The fourth-order valence-electron chi connectivity index (χ4n) is 4.89. The Morgan fingerprint density at radius 3 is 2.41 bits per heavy atom. The first kappa shape index (κ1) is 20.3. The molecule has 0 N–H and O–H groups in total. The molecular weight excluding hydrogens is 364 g/mol. The molecule has 1 aliphatic carbocycles. The summed E-state index contributed by atoms with van der Waals surface area (Å²) in [6.45, 7) is 7.19. The summed E-state index contributed by atoms with van der Waals surface area (Å²) in [5, 5.41) is 0. The third-order valence-electron chi connectivity index (χ3n) is 6.84. The minimum absolute atomic E-state index is 0.0941. The third-order valence-corrected chi connectivity index (χ3v) is 6.84. The Hall–Kier alpha value is -1.95. The Bertz CT molecular complexity index is 698. The van der Waals surface area contributed by atoms with Gasteiger partial charge in [-0.15, -0.1) is 0 Å². The van der Waals surface area contributed by atoms with E-state index in [1.54, 1.807) is 12.4 Å². The van der Waals surface area contributed by atoms with E-state index in [-0.39, 0.29) is 11.8 Å². The number of carbonyl (C=O) groups is 2. The monoisotopic (exact) mass is 398 g/mol. The molecule has 1 saturated carbocycles. The van der Waals surface area contributed by atoms with Crippen LogP contribution in [0.25, 0.3) is 0 Å². The van der Waals surface area contributed by atoms with Crippen LogP contribution >= 0.6 is 0 Å². The minimum Gasteiger partial charge on any atom is -0.342 e. The van der Waals surface area contributed by atoms with Crippen LogP contribution < -0.4 is 0 Å². The van der Waals surface area contributed by atoms with Gasteiger partial charge in [0.2, 0.25) is 11.8 Å². The van der Waals surface area contributed by atoms with E-state index in [4.69, 9.17) is 0 Å². The van der Waals surface area contributed by atoms with Gasteiger partial charge in [-0.25, -0.2) is 0 Å². The van der Waals surface area contributed by atoms with Gasteiger partial charge in [-0.05, 0) is 69.7 Å². The van der Waals surface area contributed by atoms with Crippen molar-refractivity contribution < 1.29 is 9.59 Å². The summed E-state index contributed by atoms with van der Waals surface area (Å²) in [5.41, 5.74) is 1.13. The van der Waals surface area contributed by atoms with Crippen molar-refractivity contribution in [2.75, 3.05) is 32.7 Å². The van der Waals surface area contributed by atoms with Gasteiger partial charge in [0.15, 0.2) is 0 Å². The molecule has 1 atom stereocenters. The van der Waals surface area contributed by atoms with Gasteiger partial charge in [-0.3, -0.25) is 19.5 Å². The van der Waals surface area contributed by atoms with Crippen LogP contribution in [0.5, 0.6) is 0 Å². The number of likely N-dealkylation sites (tertiary alicyclic amines) is 2. The summed E-state index contributed by atoms with van der Waals surface area (Å²) in [6.07, 6.45) is 9.92. The van der Waals surface area contributed by atoms with Crippen LogP contribution in [0.3, 0.4) is 0 Å². The molecule has 6 heteroatoms. The molecule has 2 saturated heterocycles. The number of hydrogen-bond donors (Lipinski definition) is 0. The van der Waals surface area contributed by atoms with Crippen LogP contribution in [0.4, 0.5) is 0 Å². The van der Waals surface area contributed by atoms with E-state index in [9.17, 15) is 9.59 Å². The number of hydrogen-bond acceptors (Lipinski definition) is 4. The number of pyridine rings is 1. The zero-order valence-electron chi connectivity index (χ0n) is 17.6. The van der Waals surface area contributed by atoms with Gasteiger partial charge < -0.3 is 9.80 Å². The van der Waals surface area contributed by atoms with Gasteiger partial charge in [0, 0.05) is 57.1 Å². The zero-order chi connectivity index (χ0) is 20.2. The van der Waals surface area contributed by atoms with Gasteiger partial charge in [0.25, 0.3) is 0 Å². The Kier molecular flexibility index (Phi) is 6.48. The first-order valence-electron chi connectivity index (χ1n) is 11.4. The summed E-state index contributed by atoms with van der Waals surface area (Å²) in [4.78, 5) is 36.2. The highest BCUT2D eigenvalue weighted by Gasteiger charge is 2.37.